The van der Waals surface area contributed by atoms with Gasteiger partial charge >= 0.3 is 0 Å². The molecule has 0 aliphatic rings. The highest BCUT2D eigenvalue weighted by atomic mass is 79.9. The van der Waals surface area contributed by atoms with E-state index < -0.39 is 0 Å². The van der Waals surface area contributed by atoms with Gasteiger partial charge in [-0.2, -0.15) is 0 Å². The van der Waals surface area contributed by atoms with E-state index in [1.54, 1.807) is 13.0 Å². The fourth-order valence-corrected chi connectivity index (χ4v) is 5.66. The Kier molecular flexibility index (Phi) is 7.38. The topological polar surface area (TPSA) is 34.1 Å². The summed E-state index contributed by atoms with van der Waals surface area (Å²) < 4.78 is 2.89. The Morgan fingerprint density at radius 2 is 1.55 bits per heavy atom. The van der Waals surface area contributed by atoms with E-state index in [1.807, 2.05) is 6.07 Å². The molecule has 0 radical (unpaired) electrons. The van der Waals surface area contributed by atoms with Crippen LogP contribution in [0.15, 0.2) is 19.7 Å². The molecule has 0 saturated heterocycles. The number of hydrogen-bond acceptors (Lipinski definition) is 4. The number of carbonyl (C=O) groups excluding carboxylic acids is 2. The number of ketones is 2. The molecule has 20 heavy (non-hydrogen) atoms. The number of thiophene rings is 2. The second-order valence-electron chi connectivity index (χ2n) is 3.59. The van der Waals surface area contributed by atoms with Crippen LogP contribution in [-0.2, 0) is 0 Å². The number of Topliss-reactive ketones (excluding diaryl/α,β-unsaturated/α-hetero) is 2. The van der Waals surface area contributed by atoms with E-state index in [0.717, 1.165) is 13.1 Å². The number of rotatable bonds is 2. The summed E-state index contributed by atoms with van der Waals surface area (Å²) in [5, 5.41) is 0. The molecule has 0 aliphatic carbocycles. The first-order chi connectivity index (χ1) is 9.22. The Hall–Kier alpha value is 0.280. The Labute approximate surface area is 151 Å². The third kappa shape index (κ3) is 5.24. The zero-order valence-corrected chi connectivity index (χ0v) is 16.6. The summed E-state index contributed by atoms with van der Waals surface area (Å²) in [6, 6.07) is 3.40. The van der Waals surface area contributed by atoms with Crippen molar-refractivity contribution in [3.63, 3.8) is 0 Å². The highest BCUT2D eigenvalue weighted by Crippen LogP contribution is 2.32. The molecule has 2 aromatic heterocycles. The standard InChI is InChI=1S/C6H4Br2OS.C6H4Cl2OS/c2*1-3(9)4-2-5(7)10-6(4)8/h2*2H,1H3. The van der Waals surface area contributed by atoms with Gasteiger partial charge in [-0.05, 0) is 57.8 Å². The third-order valence-corrected chi connectivity index (χ3v) is 5.90. The van der Waals surface area contributed by atoms with E-state index in [2.05, 4.69) is 31.9 Å². The summed E-state index contributed by atoms with van der Waals surface area (Å²) in [4.78, 5) is 21.6. The summed E-state index contributed by atoms with van der Waals surface area (Å²) in [5.41, 5.74) is 1.26. The van der Waals surface area contributed by atoms with Crippen molar-refractivity contribution >= 4 is 89.3 Å². The van der Waals surface area contributed by atoms with Crippen molar-refractivity contribution in [2.75, 3.05) is 0 Å². The van der Waals surface area contributed by atoms with E-state index >= 15 is 0 Å². The van der Waals surface area contributed by atoms with Crippen molar-refractivity contribution in [2.45, 2.75) is 13.8 Å². The van der Waals surface area contributed by atoms with Crippen LogP contribution in [0.5, 0.6) is 0 Å². The van der Waals surface area contributed by atoms with Crippen LogP contribution in [0, 0.1) is 0 Å². The molecule has 0 saturated carbocycles. The van der Waals surface area contributed by atoms with Crippen molar-refractivity contribution in [2.24, 2.45) is 0 Å². The minimum Gasteiger partial charge on any atom is -0.294 e. The molecule has 0 N–H and O–H groups in total. The van der Waals surface area contributed by atoms with Crippen LogP contribution in [0.3, 0.4) is 0 Å². The van der Waals surface area contributed by atoms with Crippen LogP contribution in [0.1, 0.15) is 34.6 Å². The third-order valence-electron chi connectivity index (χ3n) is 2.07. The van der Waals surface area contributed by atoms with Crippen molar-refractivity contribution < 1.29 is 9.59 Å². The smallest absolute Gasteiger partial charge is 0.162 e. The highest BCUT2D eigenvalue weighted by molar-refractivity contribution is 9.12. The maximum Gasteiger partial charge on any atom is 0.162 e. The van der Waals surface area contributed by atoms with Crippen molar-refractivity contribution in [3.8, 4) is 0 Å². The SMILES string of the molecule is CC(=O)c1cc(Br)sc1Br.CC(=O)c1cc(Cl)sc1Cl. The number of halogens is 4. The molecule has 108 valence electrons. The van der Waals surface area contributed by atoms with Crippen molar-refractivity contribution in [1.29, 1.82) is 0 Å². The van der Waals surface area contributed by atoms with Gasteiger partial charge in [0.25, 0.3) is 0 Å². The van der Waals surface area contributed by atoms with Gasteiger partial charge in [-0.25, -0.2) is 0 Å². The van der Waals surface area contributed by atoms with E-state index in [-0.39, 0.29) is 11.6 Å². The van der Waals surface area contributed by atoms with Crippen molar-refractivity contribution in [3.05, 3.63) is 39.5 Å². The van der Waals surface area contributed by atoms with Gasteiger partial charge in [-0.15, -0.1) is 22.7 Å². The summed E-state index contributed by atoms with van der Waals surface area (Å²) in [6.07, 6.45) is 0. The van der Waals surface area contributed by atoms with E-state index in [9.17, 15) is 9.59 Å². The number of carbonyl (C=O) groups is 2. The van der Waals surface area contributed by atoms with Gasteiger partial charge < -0.3 is 0 Å². The first-order valence-corrected chi connectivity index (χ1v) is 9.11. The lowest BCUT2D eigenvalue weighted by atomic mass is 10.2. The first-order valence-electron chi connectivity index (χ1n) is 5.14. The summed E-state index contributed by atoms with van der Waals surface area (Å²) in [6.45, 7) is 3.02. The average molecular weight is 479 g/mol. The van der Waals surface area contributed by atoms with Crippen LogP contribution in [0.2, 0.25) is 8.67 Å². The minimum absolute atomic E-state index is 0.0480. The molecule has 0 bridgehead atoms. The van der Waals surface area contributed by atoms with Gasteiger partial charge in [0.05, 0.1) is 11.9 Å². The molecular weight excluding hydrogens is 471 g/mol. The highest BCUT2D eigenvalue weighted by Gasteiger charge is 2.09. The first kappa shape index (κ1) is 18.3. The predicted octanol–water partition coefficient (Wildman–Crippen LogP) is 6.73. The fraction of sp³-hybridized carbons (Fsp3) is 0.167. The van der Waals surface area contributed by atoms with E-state index in [4.69, 9.17) is 23.2 Å². The number of hydrogen-bond donors (Lipinski definition) is 0. The lowest BCUT2D eigenvalue weighted by Gasteiger charge is -1.85. The second kappa shape index (κ2) is 8.06. The molecule has 0 amide bonds. The molecular formula is C12H8Br2Cl2O2S2. The van der Waals surface area contributed by atoms with Crippen LogP contribution < -0.4 is 0 Å². The van der Waals surface area contributed by atoms with Gasteiger partial charge in [0, 0.05) is 11.1 Å². The minimum atomic E-state index is -0.0480. The molecule has 0 atom stereocenters. The molecule has 2 aromatic rings. The molecule has 2 heterocycles. The Morgan fingerprint density at radius 3 is 1.75 bits per heavy atom. The quantitative estimate of drug-likeness (QED) is 0.448. The molecule has 0 spiro atoms. The predicted molar refractivity (Wildman–Crippen MR) is 94.1 cm³/mol. The monoisotopic (exact) mass is 476 g/mol. The molecule has 0 aromatic carbocycles. The van der Waals surface area contributed by atoms with Crippen LogP contribution in [0.4, 0.5) is 0 Å². The molecule has 0 fully saturated rings. The fourth-order valence-electron chi connectivity index (χ4n) is 1.16. The zero-order valence-electron chi connectivity index (χ0n) is 10.3. The molecule has 8 heteroatoms. The van der Waals surface area contributed by atoms with E-state index in [1.165, 1.54) is 29.6 Å². The van der Waals surface area contributed by atoms with Crippen molar-refractivity contribution in [1.82, 2.24) is 0 Å². The summed E-state index contributed by atoms with van der Waals surface area (Å²) >= 11 is 20.5. The van der Waals surface area contributed by atoms with Gasteiger partial charge in [0.2, 0.25) is 0 Å². The normalized spacial score (nSPS) is 9.90. The molecule has 2 rings (SSSR count). The maximum absolute atomic E-state index is 10.8. The van der Waals surface area contributed by atoms with Crippen LogP contribution >= 0.6 is 77.7 Å². The molecule has 2 nitrogen and oxygen atoms in total. The lowest BCUT2D eigenvalue weighted by molar-refractivity contribution is 0.100. The lowest BCUT2D eigenvalue weighted by Crippen LogP contribution is -1.87. The second-order valence-corrected chi connectivity index (χ2v) is 9.62. The average Bonchev–Trinajstić information content (AvgIpc) is 2.82. The largest absolute Gasteiger partial charge is 0.294 e. The molecule has 0 aliphatic heterocycles. The van der Waals surface area contributed by atoms with Gasteiger partial charge in [-0.1, -0.05) is 23.2 Å². The Bertz CT molecular complexity index is 594. The van der Waals surface area contributed by atoms with Gasteiger partial charge in [0.15, 0.2) is 11.6 Å². The maximum atomic E-state index is 10.8. The van der Waals surface area contributed by atoms with Crippen LogP contribution in [0.25, 0.3) is 0 Å². The Morgan fingerprint density at radius 1 is 1.00 bits per heavy atom. The van der Waals surface area contributed by atoms with Gasteiger partial charge in [0.1, 0.15) is 4.34 Å². The Balaban J connectivity index is 0.000000200. The van der Waals surface area contributed by atoms with E-state index in [0.29, 0.717) is 14.2 Å². The molecule has 0 unspecified atom stereocenters. The van der Waals surface area contributed by atoms with Crippen LogP contribution in [-0.4, -0.2) is 11.6 Å². The summed E-state index contributed by atoms with van der Waals surface area (Å²) in [5.74, 6) is 0.0435. The van der Waals surface area contributed by atoms with Gasteiger partial charge in [-0.3, -0.25) is 9.59 Å². The summed E-state index contributed by atoms with van der Waals surface area (Å²) in [7, 11) is 0. The zero-order chi connectivity index (χ0) is 15.4.